The number of allylic oxidation sites excluding steroid dienone is 1. The lowest BCUT2D eigenvalue weighted by Gasteiger charge is -2.33. The molecule has 0 saturated heterocycles. The van der Waals surface area contributed by atoms with Crippen LogP contribution in [0.15, 0.2) is 127 Å². The summed E-state index contributed by atoms with van der Waals surface area (Å²) in [5, 5.41) is 13.5. The maximum atomic E-state index is 10.9. The van der Waals surface area contributed by atoms with E-state index in [0.717, 1.165) is 31.2 Å². The highest BCUT2D eigenvalue weighted by Gasteiger charge is 2.33. The number of aromatic nitrogens is 1. The zero-order valence-corrected chi connectivity index (χ0v) is 36.4. The third-order valence-electron chi connectivity index (χ3n) is 13.2. The molecule has 1 heterocycles. The molecule has 1 aromatic heterocycles. The maximum Gasteiger partial charge on any atom is 0.0998 e. The first-order valence-electron chi connectivity index (χ1n) is 21.8. The van der Waals surface area contributed by atoms with Gasteiger partial charge in [-0.1, -0.05) is 146 Å². The van der Waals surface area contributed by atoms with Gasteiger partial charge in [-0.3, -0.25) is 0 Å². The lowest BCUT2D eigenvalue weighted by Crippen LogP contribution is -2.16. The molecule has 1 atom stereocenters. The summed E-state index contributed by atoms with van der Waals surface area (Å²) in [4.78, 5) is 0. The molecule has 0 N–H and O–H groups in total. The van der Waals surface area contributed by atoms with Gasteiger partial charge in [0.2, 0.25) is 0 Å². The van der Waals surface area contributed by atoms with Crippen LogP contribution in [-0.4, -0.2) is 4.57 Å². The second-order valence-electron chi connectivity index (χ2n) is 17.1. The standard InChI is InChI=1S/C58H54N2/c1-9-44(43-32-40-24-20-35(4)28-49(40)50-29-36(5)21-25-41(50)33-43)57-55(47-18-14-12-16-39(47)8)45(10-2)58(46(11-3)56(57)48-19-15-13-17-42(48)34-59)60-53-26-22-37(6)30-51(53)52-31-38(7)23-27-54(52)60/h12-32,44H,9-11,33H2,1-8H3. The van der Waals surface area contributed by atoms with Gasteiger partial charge in [0.15, 0.2) is 0 Å². The van der Waals surface area contributed by atoms with Gasteiger partial charge in [0, 0.05) is 22.3 Å². The molecule has 0 amide bonds. The smallest absolute Gasteiger partial charge is 0.0998 e. The van der Waals surface area contributed by atoms with Crippen LogP contribution in [-0.2, 0) is 19.3 Å². The zero-order valence-electron chi connectivity index (χ0n) is 36.4. The van der Waals surface area contributed by atoms with Crippen LogP contribution in [0.2, 0.25) is 0 Å². The van der Waals surface area contributed by atoms with E-state index in [1.54, 1.807) is 0 Å². The Balaban J connectivity index is 1.49. The largest absolute Gasteiger partial charge is 0.309 e. The molecule has 0 saturated carbocycles. The molecule has 296 valence electrons. The van der Waals surface area contributed by atoms with E-state index in [-0.39, 0.29) is 5.92 Å². The minimum Gasteiger partial charge on any atom is -0.309 e. The molecule has 2 nitrogen and oxygen atoms in total. The molecule has 2 heteroatoms. The average Bonchev–Trinajstić information content (AvgIpc) is 3.46. The van der Waals surface area contributed by atoms with Crippen LogP contribution in [0.4, 0.5) is 0 Å². The number of aryl methyl sites for hydroxylation is 5. The molecular formula is C58H54N2. The van der Waals surface area contributed by atoms with Crippen molar-refractivity contribution in [3.63, 3.8) is 0 Å². The number of fused-ring (bicyclic) bond motifs is 6. The Bertz CT molecular complexity index is 3030. The molecule has 0 fully saturated rings. The third kappa shape index (κ3) is 6.40. The van der Waals surface area contributed by atoms with Gasteiger partial charge in [-0.2, -0.15) is 5.26 Å². The summed E-state index contributed by atoms with van der Waals surface area (Å²) >= 11 is 0. The highest BCUT2D eigenvalue weighted by molar-refractivity contribution is 6.10. The van der Waals surface area contributed by atoms with Gasteiger partial charge in [-0.25, -0.2) is 0 Å². The lowest BCUT2D eigenvalue weighted by atomic mass is 9.72. The molecule has 0 bridgehead atoms. The van der Waals surface area contributed by atoms with E-state index in [4.69, 9.17) is 0 Å². The van der Waals surface area contributed by atoms with Gasteiger partial charge in [0.1, 0.15) is 0 Å². The Kier molecular flexibility index (Phi) is 10.2. The monoisotopic (exact) mass is 778 g/mol. The molecule has 0 radical (unpaired) electrons. The summed E-state index contributed by atoms with van der Waals surface area (Å²) in [6.45, 7) is 18.1. The topological polar surface area (TPSA) is 28.7 Å². The minimum atomic E-state index is 0.0656. The molecule has 9 rings (SSSR count). The van der Waals surface area contributed by atoms with Crippen molar-refractivity contribution in [1.82, 2.24) is 4.57 Å². The zero-order chi connectivity index (χ0) is 41.8. The quantitative estimate of drug-likeness (QED) is 0.151. The Morgan fingerprint density at radius 3 is 1.75 bits per heavy atom. The summed E-state index contributed by atoms with van der Waals surface area (Å²) in [7, 11) is 0. The first kappa shape index (κ1) is 39.1. The second-order valence-corrected chi connectivity index (χ2v) is 17.1. The molecule has 1 aliphatic rings. The van der Waals surface area contributed by atoms with E-state index in [1.165, 1.54) is 117 Å². The number of hydrogen-bond acceptors (Lipinski definition) is 1. The molecule has 1 unspecified atom stereocenters. The highest BCUT2D eigenvalue weighted by Crippen LogP contribution is 2.52. The van der Waals surface area contributed by atoms with Gasteiger partial charge in [-0.15, -0.1) is 0 Å². The summed E-state index contributed by atoms with van der Waals surface area (Å²) in [5.41, 5.74) is 26.2. The van der Waals surface area contributed by atoms with Crippen LogP contribution in [0, 0.1) is 45.9 Å². The molecule has 0 aliphatic heterocycles. The van der Waals surface area contributed by atoms with Crippen LogP contribution < -0.4 is 0 Å². The van der Waals surface area contributed by atoms with Crippen LogP contribution >= 0.6 is 0 Å². The lowest BCUT2D eigenvalue weighted by molar-refractivity contribution is 0.743. The minimum absolute atomic E-state index is 0.0656. The molecule has 7 aromatic carbocycles. The first-order chi connectivity index (χ1) is 29.1. The Hall–Kier alpha value is -6.43. The van der Waals surface area contributed by atoms with Crippen molar-refractivity contribution in [2.45, 2.75) is 87.0 Å². The number of rotatable bonds is 8. The van der Waals surface area contributed by atoms with Crippen LogP contribution in [0.25, 0.3) is 66.9 Å². The van der Waals surface area contributed by atoms with Crippen molar-refractivity contribution < 1.29 is 0 Å². The molecule has 8 aromatic rings. The summed E-state index contributed by atoms with van der Waals surface area (Å²) < 4.78 is 2.58. The van der Waals surface area contributed by atoms with Crippen LogP contribution in [0.1, 0.15) is 94.3 Å². The third-order valence-corrected chi connectivity index (χ3v) is 13.2. The van der Waals surface area contributed by atoms with Crippen molar-refractivity contribution in [3.05, 3.63) is 188 Å². The second kappa shape index (κ2) is 15.6. The summed E-state index contributed by atoms with van der Waals surface area (Å²) in [6, 6.07) is 47.8. The van der Waals surface area contributed by atoms with Crippen molar-refractivity contribution >= 4 is 27.9 Å². The van der Waals surface area contributed by atoms with Crippen LogP contribution in [0.3, 0.4) is 0 Å². The first-order valence-corrected chi connectivity index (χ1v) is 21.8. The van der Waals surface area contributed by atoms with E-state index in [1.807, 2.05) is 12.1 Å². The predicted octanol–water partition coefficient (Wildman–Crippen LogP) is 15.5. The van der Waals surface area contributed by atoms with Crippen LogP contribution in [0.5, 0.6) is 0 Å². The highest BCUT2D eigenvalue weighted by atomic mass is 15.0. The summed E-state index contributed by atoms with van der Waals surface area (Å²) in [5.74, 6) is 0.0656. The fourth-order valence-electron chi connectivity index (χ4n) is 10.4. The van der Waals surface area contributed by atoms with E-state index in [2.05, 4.69) is 181 Å². The van der Waals surface area contributed by atoms with Crippen molar-refractivity contribution in [2.75, 3.05) is 0 Å². The Labute approximate surface area is 356 Å². The normalized spacial score (nSPS) is 12.8. The van der Waals surface area contributed by atoms with Gasteiger partial charge >= 0.3 is 0 Å². The number of nitriles is 1. The van der Waals surface area contributed by atoms with Crippen molar-refractivity contribution in [1.29, 1.82) is 5.26 Å². The van der Waals surface area contributed by atoms with Gasteiger partial charge < -0.3 is 4.57 Å². The number of hydrogen-bond donors (Lipinski definition) is 0. The maximum absolute atomic E-state index is 10.9. The molecular weight excluding hydrogens is 725 g/mol. The fraction of sp³-hybridized carbons (Fsp3) is 0.224. The van der Waals surface area contributed by atoms with Gasteiger partial charge in [-0.05, 0) is 152 Å². The van der Waals surface area contributed by atoms with Crippen molar-refractivity contribution in [2.24, 2.45) is 0 Å². The van der Waals surface area contributed by atoms with E-state index < -0.39 is 0 Å². The summed E-state index contributed by atoms with van der Waals surface area (Å²) in [6.07, 6.45) is 5.93. The SMILES string of the molecule is CCc1c(-c2ccccc2C)c(C(CC)C2=Cc3ccc(C)cc3-c3cc(C)ccc3C2)c(-c2ccccc2C#N)c(CC)c1-n1c2ccc(C)cc2c2cc(C)ccc21. The number of nitrogens with zero attached hydrogens (tertiary/aromatic N) is 2. The van der Waals surface area contributed by atoms with Gasteiger partial charge in [0.25, 0.3) is 0 Å². The van der Waals surface area contributed by atoms with E-state index in [0.29, 0.717) is 5.56 Å². The Morgan fingerprint density at radius 1 is 0.583 bits per heavy atom. The van der Waals surface area contributed by atoms with Crippen molar-refractivity contribution in [3.8, 4) is 45.1 Å². The molecule has 0 spiro atoms. The fourth-order valence-corrected chi connectivity index (χ4v) is 10.4. The number of benzene rings is 7. The van der Waals surface area contributed by atoms with Gasteiger partial charge in [0.05, 0.1) is 28.4 Å². The van der Waals surface area contributed by atoms with E-state index >= 15 is 0 Å². The average molecular weight is 779 g/mol. The molecule has 60 heavy (non-hydrogen) atoms. The van der Waals surface area contributed by atoms with E-state index in [9.17, 15) is 5.26 Å². The Morgan fingerprint density at radius 2 is 1.13 bits per heavy atom. The molecule has 1 aliphatic carbocycles. The predicted molar refractivity (Wildman–Crippen MR) is 255 cm³/mol.